The van der Waals surface area contributed by atoms with Crippen molar-refractivity contribution >= 4 is 26.0 Å². The molecule has 0 bridgehead atoms. The first-order valence-corrected chi connectivity index (χ1v) is 11.1. The lowest BCUT2D eigenvalue weighted by Crippen LogP contribution is -2.45. The van der Waals surface area contributed by atoms with Gasteiger partial charge in [-0.05, 0) is 51.3 Å². The van der Waals surface area contributed by atoms with E-state index < -0.39 is 10.0 Å². The third-order valence-electron chi connectivity index (χ3n) is 4.95. The zero-order valence-corrected chi connectivity index (χ0v) is 17.7. The van der Waals surface area contributed by atoms with E-state index >= 15 is 0 Å². The largest absolute Gasteiger partial charge is 0.307 e. The Hall–Kier alpha value is -1.22. The lowest BCUT2D eigenvalue weighted by Gasteiger charge is -2.33. The molecule has 2 N–H and O–H groups in total. The number of hydrogen-bond acceptors (Lipinski definition) is 4. The number of aromatic nitrogens is 2. The molecule has 26 heavy (non-hydrogen) atoms. The molecule has 1 unspecified atom stereocenters. The minimum Gasteiger partial charge on any atom is -0.307 e. The van der Waals surface area contributed by atoms with Crippen molar-refractivity contribution in [2.75, 3.05) is 13.1 Å². The molecular weight excluding hydrogens is 416 g/mol. The van der Waals surface area contributed by atoms with E-state index in [-0.39, 0.29) is 6.04 Å². The summed E-state index contributed by atoms with van der Waals surface area (Å²) in [6.45, 7) is 6.67. The maximum Gasteiger partial charge on any atom is 0.246 e. The van der Waals surface area contributed by atoms with Crippen molar-refractivity contribution in [3.63, 3.8) is 0 Å². The number of H-pyrrole nitrogens is 1. The second kappa shape index (κ2) is 7.80. The molecule has 0 spiro atoms. The van der Waals surface area contributed by atoms with E-state index in [9.17, 15) is 8.42 Å². The van der Waals surface area contributed by atoms with E-state index in [1.54, 1.807) is 18.2 Å². The van der Waals surface area contributed by atoms with Crippen LogP contribution in [-0.2, 0) is 10.0 Å². The third kappa shape index (κ3) is 4.03. The summed E-state index contributed by atoms with van der Waals surface area (Å²) < 4.78 is 28.5. The Balaban J connectivity index is 1.62. The molecule has 3 rings (SSSR count). The summed E-state index contributed by atoms with van der Waals surface area (Å²) in [6, 6.07) is 8.79. The van der Waals surface area contributed by atoms with Gasteiger partial charge >= 0.3 is 0 Å². The van der Waals surface area contributed by atoms with Crippen molar-refractivity contribution in [2.45, 2.75) is 50.6 Å². The summed E-state index contributed by atoms with van der Waals surface area (Å²) in [5, 5.41) is 10.4. The molecule has 8 heteroatoms. The number of sulfonamides is 1. The molecule has 2 heterocycles. The number of benzene rings is 1. The molecule has 1 aromatic carbocycles. The molecule has 0 saturated carbocycles. The second-order valence-corrected chi connectivity index (χ2v) is 9.68. The summed E-state index contributed by atoms with van der Waals surface area (Å²) in [5.74, 6) is 0. The number of rotatable bonds is 5. The van der Waals surface area contributed by atoms with Gasteiger partial charge in [-0.1, -0.05) is 28.1 Å². The molecular formula is C18H25BrN4O2S. The van der Waals surface area contributed by atoms with Crippen LogP contribution in [0.25, 0.3) is 0 Å². The van der Waals surface area contributed by atoms with E-state index in [2.05, 4.69) is 50.5 Å². The summed E-state index contributed by atoms with van der Waals surface area (Å²) in [5.41, 5.74) is 2.36. The first kappa shape index (κ1) is 19.5. The molecule has 2 aromatic rings. The molecule has 1 aliphatic heterocycles. The first-order chi connectivity index (χ1) is 12.3. The molecule has 1 saturated heterocycles. The highest BCUT2D eigenvalue weighted by molar-refractivity contribution is 9.10. The topological polar surface area (TPSA) is 78.1 Å². The van der Waals surface area contributed by atoms with Crippen LogP contribution in [0.15, 0.2) is 33.6 Å². The summed E-state index contributed by atoms with van der Waals surface area (Å²) >= 11 is 3.51. The number of aryl methyl sites for hydroxylation is 2. The van der Waals surface area contributed by atoms with E-state index in [1.807, 2.05) is 12.1 Å². The minimum atomic E-state index is -3.48. The molecule has 1 fully saturated rings. The predicted molar refractivity (Wildman–Crippen MR) is 106 cm³/mol. The molecule has 0 aliphatic carbocycles. The molecule has 0 radical (unpaired) electrons. The molecule has 1 aromatic heterocycles. The van der Waals surface area contributed by atoms with Crippen LogP contribution < -0.4 is 5.32 Å². The van der Waals surface area contributed by atoms with Crippen LogP contribution >= 0.6 is 15.9 Å². The van der Waals surface area contributed by atoms with Gasteiger partial charge in [0.05, 0.1) is 11.4 Å². The van der Waals surface area contributed by atoms with E-state index in [0.717, 1.165) is 17.3 Å². The predicted octanol–water partition coefficient (Wildman–Crippen LogP) is 3.29. The number of hydrogen-bond donors (Lipinski definition) is 2. The van der Waals surface area contributed by atoms with Crippen LogP contribution in [0.3, 0.4) is 0 Å². The molecule has 142 valence electrons. The molecule has 0 amide bonds. The van der Waals surface area contributed by atoms with Crippen LogP contribution in [0.2, 0.25) is 0 Å². The van der Waals surface area contributed by atoms with Gasteiger partial charge in [-0.2, -0.15) is 9.40 Å². The number of aromatic amines is 1. The van der Waals surface area contributed by atoms with E-state index in [0.29, 0.717) is 35.4 Å². The lowest BCUT2D eigenvalue weighted by atomic mass is 10.0. The first-order valence-electron chi connectivity index (χ1n) is 8.82. The van der Waals surface area contributed by atoms with Crippen molar-refractivity contribution < 1.29 is 8.42 Å². The fraction of sp³-hybridized carbons (Fsp3) is 0.500. The average molecular weight is 441 g/mol. The van der Waals surface area contributed by atoms with Gasteiger partial charge in [0.25, 0.3) is 0 Å². The zero-order chi connectivity index (χ0) is 18.9. The number of halogens is 1. The zero-order valence-electron chi connectivity index (χ0n) is 15.3. The van der Waals surface area contributed by atoms with Gasteiger partial charge in [-0.25, -0.2) is 8.42 Å². The molecule has 1 atom stereocenters. The maximum atomic E-state index is 12.9. The van der Waals surface area contributed by atoms with Gasteiger partial charge in [0.1, 0.15) is 4.90 Å². The van der Waals surface area contributed by atoms with Gasteiger partial charge in [-0.3, -0.25) is 5.10 Å². The number of piperidine rings is 1. The molecule has 1 aliphatic rings. The van der Waals surface area contributed by atoms with Crippen molar-refractivity contribution in [3.8, 4) is 0 Å². The Labute approximate surface area is 163 Å². The monoisotopic (exact) mass is 440 g/mol. The number of nitrogens with zero attached hydrogens (tertiary/aromatic N) is 2. The SMILES string of the molecule is Cc1n[nH]c(C)c1S(=O)(=O)N1CCC(NC(C)c2cccc(Br)c2)CC1. The summed E-state index contributed by atoms with van der Waals surface area (Å²) in [7, 11) is -3.48. The highest BCUT2D eigenvalue weighted by Crippen LogP contribution is 2.26. The summed E-state index contributed by atoms with van der Waals surface area (Å²) in [4.78, 5) is 0.325. The van der Waals surface area contributed by atoms with Gasteiger partial charge < -0.3 is 5.32 Å². The highest BCUT2D eigenvalue weighted by Gasteiger charge is 2.33. The standard InChI is InChI=1S/C18H25BrN4O2S/c1-12(15-5-4-6-16(19)11-15)20-17-7-9-23(10-8-17)26(24,25)18-13(2)21-22-14(18)3/h4-6,11-12,17,20H,7-10H2,1-3H3,(H,21,22). The van der Waals surface area contributed by atoms with Gasteiger partial charge in [0.15, 0.2) is 0 Å². The van der Waals surface area contributed by atoms with Crippen molar-refractivity contribution in [1.82, 2.24) is 19.8 Å². The fourth-order valence-electron chi connectivity index (χ4n) is 3.54. The van der Waals surface area contributed by atoms with Crippen molar-refractivity contribution in [2.24, 2.45) is 0 Å². The van der Waals surface area contributed by atoms with Crippen LogP contribution in [0.4, 0.5) is 0 Å². The third-order valence-corrected chi connectivity index (χ3v) is 7.60. The van der Waals surface area contributed by atoms with Crippen LogP contribution in [0.5, 0.6) is 0 Å². The Morgan fingerprint density at radius 3 is 2.58 bits per heavy atom. The van der Waals surface area contributed by atoms with E-state index in [1.165, 1.54) is 5.56 Å². The van der Waals surface area contributed by atoms with Gasteiger partial charge in [0, 0.05) is 29.6 Å². The van der Waals surface area contributed by atoms with Crippen LogP contribution in [0, 0.1) is 13.8 Å². The minimum absolute atomic E-state index is 0.221. The Morgan fingerprint density at radius 1 is 1.31 bits per heavy atom. The number of nitrogens with one attached hydrogen (secondary N) is 2. The maximum absolute atomic E-state index is 12.9. The van der Waals surface area contributed by atoms with Crippen molar-refractivity contribution in [1.29, 1.82) is 0 Å². The molecule has 6 nitrogen and oxygen atoms in total. The van der Waals surface area contributed by atoms with Crippen LogP contribution in [-0.4, -0.2) is 42.1 Å². The van der Waals surface area contributed by atoms with Gasteiger partial charge in [-0.15, -0.1) is 0 Å². The van der Waals surface area contributed by atoms with Crippen molar-refractivity contribution in [3.05, 3.63) is 45.7 Å². The lowest BCUT2D eigenvalue weighted by molar-refractivity contribution is 0.277. The van der Waals surface area contributed by atoms with Gasteiger partial charge in [0.2, 0.25) is 10.0 Å². The van der Waals surface area contributed by atoms with Crippen LogP contribution in [0.1, 0.15) is 42.8 Å². The Kier molecular flexibility index (Phi) is 5.86. The average Bonchev–Trinajstić information content (AvgIpc) is 2.94. The fourth-order valence-corrected chi connectivity index (χ4v) is 5.76. The summed E-state index contributed by atoms with van der Waals surface area (Å²) in [6.07, 6.45) is 1.60. The Bertz CT molecular complexity index is 854. The highest BCUT2D eigenvalue weighted by atomic mass is 79.9. The normalized spacial score (nSPS) is 18.2. The smallest absolute Gasteiger partial charge is 0.246 e. The quantitative estimate of drug-likeness (QED) is 0.747. The second-order valence-electron chi connectivity index (χ2n) is 6.88. The Morgan fingerprint density at radius 2 is 2.00 bits per heavy atom. The van der Waals surface area contributed by atoms with E-state index in [4.69, 9.17) is 0 Å².